The molecule has 262 valence electrons. The quantitative estimate of drug-likeness (QED) is 0.133. The summed E-state index contributed by atoms with van der Waals surface area (Å²) in [4.78, 5) is 23.8. The van der Waals surface area contributed by atoms with Gasteiger partial charge in [0.2, 0.25) is 0 Å². The van der Waals surface area contributed by atoms with Crippen LogP contribution in [0.1, 0.15) is 0 Å². The second kappa shape index (κ2) is 19.4. The van der Waals surface area contributed by atoms with Gasteiger partial charge in [0.1, 0.15) is 99.9 Å². The summed E-state index contributed by atoms with van der Waals surface area (Å²) in [6.45, 7) is 0.918. The Morgan fingerprint density at radius 2 is 0.698 bits per heavy atom. The molecular weight excluding hydrogens is 672 g/mol. The topological polar surface area (TPSA) is 174 Å². The first kappa shape index (κ1) is 36.5. The van der Waals surface area contributed by atoms with E-state index in [9.17, 15) is 20.4 Å². The Kier molecular flexibility index (Phi) is 13.4. The molecule has 1 heterocycles. The average molecular weight is 705 g/mol. The second-order valence-electron chi connectivity index (χ2n) is 10.6. The van der Waals surface area contributed by atoms with E-state index >= 15 is 0 Å². The van der Waals surface area contributed by atoms with Gasteiger partial charge in [-0.25, -0.2) is 0 Å². The molecule has 0 unspecified atom stereocenters. The fraction of sp³-hybridized carbons (Fsp3) is 0.0488. The Labute approximate surface area is 304 Å². The van der Waals surface area contributed by atoms with Crippen LogP contribution < -0.4 is 9.47 Å². The Bertz CT molecular complexity index is 2080. The average Bonchev–Trinajstić information content (AvgIpc) is 3.22. The van der Waals surface area contributed by atoms with Crippen LogP contribution in [-0.4, -0.2) is 51.7 Å². The molecule has 6 aromatic rings. The summed E-state index contributed by atoms with van der Waals surface area (Å²) in [6, 6.07) is 49.1. The third kappa shape index (κ3) is 11.4. The van der Waals surface area contributed by atoms with Gasteiger partial charge in [0.05, 0.1) is 0 Å². The van der Waals surface area contributed by atoms with E-state index in [1.165, 1.54) is 24.3 Å². The van der Waals surface area contributed by atoms with E-state index in [-0.39, 0.29) is 23.0 Å². The Balaban J connectivity index is 0.000000154. The second-order valence-corrected chi connectivity index (χ2v) is 10.6. The highest BCUT2D eigenvalue weighted by molar-refractivity contribution is 5.66. The van der Waals surface area contributed by atoms with Crippen LogP contribution in [-0.2, 0) is 0 Å². The van der Waals surface area contributed by atoms with Crippen LogP contribution in [0.25, 0.3) is 0 Å². The Morgan fingerprint density at radius 3 is 1.02 bits per heavy atom. The van der Waals surface area contributed by atoms with Gasteiger partial charge < -0.3 is 29.9 Å². The maximum Gasteiger partial charge on any atom is 0.145 e. The molecule has 12 heteroatoms. The lowest BCUT2D eigenvalue weighted by molar-refractivity contribution is 0.218. The molecule has 12 nitrogen and oxygen atoms in total. The lowest BCUT2D eigenvalue weighted by Crippen LogP contribution is -2.08. The zero-order valence-electron chi connectivity index (χ0n) is 28.1. The maximum atomic E-state index is 9.44. The van der Waals surface area contributed by atoms with Crippen molar-refractivity contribution in [2.24, 2.45) is 30.0 Å². The van der Waals surface area contributed by atoms with E-state index in [0.29, 0.717) is 58.8 Å². The summed E-state index contributed by atoms with van der Waals surface area (Å²) < 4.78 is 11.3. The fourth-order valence-corrected chi connectivity index (χ4v) is 4.28. The van der Waals surface area contributed by atoms with Crippen molar-refractivity contribution in [3.8, 4) is 34.5 Å². The van der Waals surface area contributed by atoms with E-state index in [4.69, 9.17) is 9.47 Å². The largest absolute Gasteiger partial charge is 0.506 e. The molecule has 0 saturated carbocycles. The van der Waals surface area contributed by atoms with Gasteiger partial charge in [-0.1, -0.05) is 72.8 Å². The number of fused-ring (bicyclic) bond motifs is 2. The lowest BCUT2D eigenvalue weighted by Gasteiger charge is -2.09. The zero-order chi connectivity index (χ0) is 37.1. The monoisotopic (exact) mass is 704 g/mol. The molecule has 1 aliphatic rings. The summed E-state index contributed by atoms with van der Waals surface area (Å²) in [7, 11) is 0. The fourth-order valence-electron chi connectivity index (χ4n) is 4.28. The van der Waals surface area contributed by atoms with Crippen LogP contribution in [0.2, 0.25) is 0 Å². The molecule has 0 spiro atoms. The molecule has 0 aliphatic carbocycles. The van der Waals surface area contributed by atoms with E-state index in [1.807, 2.05) is 48.5 Å². The SMILES string of the molecule is C1=Nc2ccccc2OCCOc2ccccc2N=1.Oc1ccccc1N=C=Nc1ccccc1O.Oc1ccccc1N=C=Nc1ccccc1O. The summed E-state index contributed by atoms with van der Waals surface area (Å²) in [6.07, 6.45) is 0. The van der Waals surface area contributed by atoms with Gasteiger partial charge in [0, 0.05) is 0 Å². The van der Waals surface area contributed by atoms with E-state index in [1.54, 1.807) is 72.8 Å². The Morgan fingerprint density at radius 1 is 0.415 bits per heavy atom. The van der Waals surface area contributed by atoms with Crippen molar-refractivity contribution in [1.82, 2.24) is 0 Å². The maximum absolute atomic E-state index is 9.44. The number of benzene rings is 6. The normalized spacial score (nSPS) is 10.9. The van der Waals surface area contributed by atoms with Crippen molar-refractivity contribution in [2.45, 2.75) is 0 Å². The molecule has 0 bridgehead atoms. The molecule has 1 aliphatic heterocycles. The summed E-state index contributed by atoms with van der Waals surface area (Å²) in [5, 5.41) is 37.8. The smallest absolute Gasteiger partial charge is 0.145 e. The first-order chi connectivity index (χ1) is 26.0. The minimum Gasteiger partial charge on any atom is -0.506 e. The minimum absolute atomic E-state index is 0.0625. The highest BCUT2D eigenvalue weighted by Gasteiger charge is 2.05. The van der Waals surface area contributed by atoms with Gasteiger partial charge in [-0.3, -0.25) is 0 Å². The van der Waals surface area contributed by atoms with Crippen LogP contribution in [0.3, 0.4) is 0 Å². The molecule has 0 fully saturated rings. The van der Waals surface area contributed by atoms with Crippen molar-refractivity contribution in [1.29, 1.82) is 0 Å². The van der Waals surface area contributed by atoms with Gasteiger partial charge in [0.15, 0.2) is 0 Å². The van der Waals surface area contributed by atoms with Gasteiger partial charge >= 0.3 is 0 Å². The zero-order valence-corrected chi connectivity index (χ0v) is 28.1. The lowest BCUT2D eigenvalue weighted by atomic mass is 10.3. The standard InChI is InChI=1S/C15H12N2O2.2C13H10N2O2/c1-3-7-14-12(5-1)16-11-17-13-6-2-4-8-15(13)19-10-9-18-14;2*16-12-7-3-1-5-10(12)14-9-15-11-6-2-4-8-13(11)17/h1-8H,9-10H2;2*1-8,16-17H. The van der Waals surface area contributed by atoms with E-state index in [2.05, 4.69) is 48.0 Å². The molecule has 6 aromatic carbocycles. The molecule has 0 radical (unpaired) electrons. The van der Waals surface area contributed by atoms with Gasteiger partial charge in [-0.05, 0) is 72.8 Å². The van der Waals surface area contributed by atoms with Crippen molar-refractivity contribution in [2.75, 3.05) is 13.2 Å². The molecule has 0 saturated heterocycles. The third-order valence-electron chi connectivity index (χ3n) is 6.88. The number of para-hydroxylation sites is 12. The predicted octanol–water partition coefficient (Wildman–Crippen LogP) is 10.1. The van der Waals surface area contributed by atoms with Gasteiger partial charge in [0.25, 0.3) is 0 Å². The van der Waals surface area contributed by atoms with Crippen LogP contribution >= 0.6 is 0 Å². The molecular formula is C41H32N6O6. The molecule has 0 aromatic heterocycles. The molecule has 4 N–H and O–H groups in total. The number of hydrogen-bond donors (Lipinski definition) is 4. The highest BCUT2D eigenvalue weighted by Crippen LogP contribution is 2.30. The van der Waals surface area contributed by atoms with Crippen molar-refractivity contribution >= 4 is 52.1 Å². The third-order valence-corrected chi connectivity index (χ3v) is 6.88. The number of aromatic hydroxyl groups is 4. The van der Waals surface area contributed by atoms with Crippen molar-refractivity contribution < 1.29 is 29.9 Å². The van der Waals surface area contributed by atoms with Crippen LogP contribution in [0.15, 0.2) is 176 Å². The molecule has 0 atom stereocenters. The van der Waals surface area contributed by atoms with E-state index in [0.717, 1.165) is 0 Å². The first-order valence-electron chi connectivity index (χ1n) is 16.0. The summed E-state index contributed by atoms with van der Waals surface area (Å²) >= 11 is 0. The van der Waals surface area contributed by atoms with Crippen LogP contribution in [0.4, 0.5) is 34.1 Å². The summed E-state index contributed by atoms with van der Waals surface area (Å²) in [5.41, 5.74) is 2.95. The number of phenols is 4. The highest BCUT2D eigenvalue weighted by atomic mass is 16.5. The molecule has 7 rings (SSSR count). The predicted molar refractivity (Wildman–Crippen MR) is 204 cm³/mol. The minimum atomic E-state index is 0.0625. The number of rotatable bonds is 4. The summed E-state index contributed by atoms with van der Waals surface area (Å²) in [5.74, 6) is 1.67. The number of aliphatic imine (C=N–C) groups is 6. The Hall–Kier alpha value is -7.74. The molecule has 53 heavy (non-hydrogen) atoms. The number of nitrogens with zero attached hydrogens (tertiary/aromatic N) is 6. The number of phenolic OH excluding ortho intramolecular Hbond substituents is 4. The van der Waals surface area contributed by atoms with Crippen molar-refractivity contribution in [3.63, 3.8) is 0 Å². The first-order valence-corrected chi connectivity index (χ1v) is 16.0. The van der Waals surface area contributed by atoms with Gasteiger partial charge in [-0.2, -0.15) is 30.0 Å². The van der Waals surface area contributed by atoms with E-state index < -0.39 is 0 Å². The van der Waals surface area contributed by atoms with Gasteiger partial charge in [-0.15, -0.1) is 0 Å². The van der Waals surface area contributed by atoms with Crippen LogP contribution in [0, 0.1) is 0 Å². The number of ether oxygens (including phenoxy) is 2. The number of hydrogen-bond acceptors (Lipinski definition) is 12. The molecule has 0 amide bonds. The van der Waals surface area contributed by atoms with Crippen LogP contribution in [0.5, 0.6) is 34.5 Å². The van der Waals surface area contributed by atoms with Crippen molar-refractivity contribution in [3.05, 3.63) is 146 Å².